The van der Waals surface area contributed by atoms with Crippen LogP contribution < -0.4 is 76.8 Å². The second-order valence-corrected chi connectivity index (χ2v) is 25.2. The van der Waals surface area contributed by atoms with E-state index in [1.165, 1.54) is 17.4 Å². The van der Waals surface area contributed by atoms with E-state index in [4.69, 9.17) is 33.4 Å². The van der Waals surface area contributed by atoms with Gasteiger partial charge < -0.3 is 68.3 Å². The molecule has 0 bridgehead atoms. The average molecular weight is 1450 g/mol. The van der Waals surface area contributed by atoms with Crippen LogP contribution in [0.2, 0.25) is 0 Å². The summed E-state index contributed by atoms with van der Waals surface area (Å²) in [6.07, 6.45) is 1.26. The van der Waals surface area contributed by atoms with Crippen molar-refractivity contribution in [3.63, 3.8) is 0 Å². The molecule has 0 saturated carbocycles. The SMILES string of the molecule is C=CC(=O)Nc1cc2oc3cc(=[N+](CC)CC)ccc-3nc2c2ccccc12.CCN(CC)c1ccc2cc(-c3nc4ccccc4[nH]3)c(=O)oc2c1.CCN(CC)c1ccc2cc(-c3nc4ccccc4s3)c(=O)oc2c1.CC[N+](CC)=c1ccc2nc3c(cc(N)c4ccccc43)oc-2c1.[Cl-].[Cl-]. The molecule has 528 valence electrons. The van der Waals surface area contributed by atoms with Crippen molar-refractivity contribution >= 4 is 127 Å². The molecule has 4 aromatic heterocycles. The van der Waals surface area contributed by atoms with Crippen LogP contribution in [0, 0.1) is 0 Å². The largest absolute Gasteiger partial charge is 1.00 e. The van der Waals surface area contributed by atoms with E-state index in [1.54, 1.807) is 0 Å². The first-order chi connectivity index (χ1) is 49.7. The van der Waals surface area contributed by atoms with E-state index in [0.29, 0.717) is 55.8 Å². The molecule has 21 heteroatoms. The van der Waals surface area contributed by atoms with E-state index in [-0.39, 0.29) is 42.0 Å². The number of nitrogen functional groups attached to an aromatic ring is 1. The molecule has 18 nitrogen and oxygen atoms in total. The van der Waals surface area contributed by atoms with Gasteiger partial charge in [0.2, 0.25) is 16.6 Å². The number of H-pyrrole nitrogens is 1. The highest BCUT2D eigenvalue weighted by molar-refractivity contribution is 7.21. The zero-order valence-electron chi connectivity index (χ0n) is 59.1. The number of halogens is 2. The molecule has 4 aliphatic rings. The van der Waals surface area contributed by atoms with Crippen LogP contribution >= 0.6 is 11.3 Å². The Hall–Kier alpha value is -11.5. The van der Waals surface area contributed by atoms with Gasteiger partial charge in [0, 0.05) is 112 Å². The Bertz CT molecular complexity index is 5790. The van der Waals surface area contributed by atoms with E-state index in [1.807, 2.05) is 164 Å². The van der Waals surface area contributed by atoms with Gasteiger partial charge in [0.1, 0.15) is 76.2 Å². The maximum absolute atomic E-state index is 12.5. The van der Waals surface area contributed by atoms with Gasteiger partial charge in [-0.3, -0.25) is 4.79 Å². The summed E-state index contributed by atoms with van der Waals surface area (Å²) in [6, 6.07) is 63.1. The summed E-state index contributed by atoms with van der Waals surface area (Å²) in [5.41, 5.74) is 18.4. The van der Waals surface area contributed by atoms with Crippen LogP contribution in [0.3, 0.4) is 0 Å². The fraction of sp³-hybridized carbons (Fsp3) is 0.193. The van der Waals surface area contributed by atoms with E-state index in [0.717, 1.165) is 162 Å². The van der Waals surface area contributed by atoms with E-state index >= 15 is 0 Å². The molecule has 8 aromatic carbocycles. The van der Waals surface area contributed by atoms with Crippen molar-refractivity contribution < 1.29 is 47.3 Å². The Morgan fingerprint density at radius 1 is 0.510 bits per heavy atom. The lowest BCUT2D eigenvalue weighted by molar-refractivity contribution is -0.111. The average Bonchev–Trinajstić information content (AvgIpc) is 1.06. The number of hydrogen-bond donors (Lipinski definition) is 3. The highest BCUT2D eigenvalue weighted by Gasteiger charge is 2.20. The number of aromatic nitrogens is 5. The number of fused-ring (bicyclic) bond motifs is 12. The highest BCUT2D eigenvalue weighted by atomic mass is 35.5. The van der Waals surface area contributed by atoms with Crippen LogP contribution in [0.15, 0.2) is 234 Å². The number of amides is 1. The third kappa shape index (κ3) is 15.2. The molecule has 0 unspecified atom stereocenters. The molecule has 1 amide bonds. The molecule has 2 aliphatic heterocycles. The van der Waals surface area contributed by atoms with Gasteiger partial charge in [-0.05, 0) is 134 Å². The summed E-state index contributed by atoms with van der Waals surface area (Å²) in [7, 11) is 0. The molecule has 0 atom stereocenters. The second-order valence-electron chi connectivity index (χ2n) is 24.2. The van der Waals surface area contributed by atoms with Gasteiger partial charge in [0.15, 0.2) is 22.7 Å². The molecule has 104 heavy (non-hydrogen) atoms. The number of benzene rings is 10. The Labute approximate surface area is 616 Å². The summed E-state index contributed by atoms with van der Waals surface area (Å²) in [4.78, 5) is 63.3. The van der Waals surface area contributed by atoms with Crippen molar-refractivity contribution in [2.45, 2.75) is 55.4 Å². The fourth-order valence-corrected chi connectivity index (χ4v) is 13.9. The summed E-state index contributed by atoms with van der Waals surface area (Å²) >= 11 is 1.51. The number of nitrogens with zero attached hydrogens (tertiary/aromatic N) is 8. The van der Waals surface area contributed by atoms with Crippen molar-refractivity contribution in [3.05, 3.63) is 238 Å². The second kappa shape index (κ2) is 32.6. The lowest BCUT2D eigenvalue weighted by Crippen LogP contribution is -3.00. The molecule has 4 N–H and O–H groups in total. The number of nitrogens with one attached hydrogen (secondary N) is 2. The van der Waals surface area contributed by atoms with Gasteiger partial charge >= 0.3 is 11.3 Å². The highest BCUT2D eigenvalue weighted by Crippen LogP contribution is 2.37. The maximum atomic E-state index is 12.5. The third-order valence-corrected chi connectivity index (χ3v) is 19.4. The topological polar surface area (TPSA) is 222 Å². The molecule has 16 rings (SSSR count). The molecule has 0 spiro atoms. The number of hydrogen-bond acceptors (Lipinski definition) is 15. The number of rotatable bonds is 14. The lowest BCUT2D eigenvalue weighted by atomic mass is 10.1. The van der Waals surface area contributed by atoms with Gasteiger partial charge in [0.05, 0.1) is 44.6 Å². The molecular weight excluding hydrogens is 1370 g/mol. The van der Waals surface area contributed by atoms with Gasteiger partial charge in [-0.2, -0.15) is 0 Å². The van der Waals surface area contributed by atoms with Crippen LogP contribution in [-0.2, 0) is 4.79 Å². The lowest BCUT2D eigenvalue weighted by Gasteiger charge is -2.20. The van der Waals surface area contributed by atoms with Crippen LogP contribution in [-0.4, -0.2) is 83.2 Å². The molecule has 2 aliphatic carbocycles. The summed E-state index contributed by atoms with van der Waals surface area (Å²) in [5, 5.41) is 11.5. The Morgan fingerprint density at radius 3 is 1.52 bits per heavy atom. The molecule has 6 heterocycles. The monoisotopic (exact) mass is 1440 g/mol. The van der Waals surface area contributed by atoms with Crippen molar-refractivity contribution in [2.24, 2.45) is 0 Å². The Kier molecular flexibility index (Phi) is 23.1. The minimum absolute atomic E-state index is 0. The zero-order valence-corrected chi connectivity index (χ0v) is 61.4. The number of carbonyl (C=O) groups is 1. The number of aromatic amines is 1. The summed E-state index contributed by atoms with van der Waals surface area (Å²) in [5.74, 6) is 1.77. The first-order valence-electron chi connectivity index (χ1n) is 34.6. The van der Waals surface area contributed by atoms with Gasteiger partial charge in [0.25, 0.3) is 0 Å². The quantitative estimate of drug-likeness (QED) is 0.0230. The predicted octanol–water partition coefficient (Wildman–Crippen LogP) is 10.6. The number of carbonyl (C=O) groups excluding carboxylic acids is 1. The Balaban J connectivity index is 0.000000138. The van der Waals surface area contributed by atoms with Crippen molar-refractivity contribution in [1.82, 2.24) is 34.1 Å². The third-order valence-electron chi connectivity index (χ3n) is 18.4. The molecule has 0 radical (unpaired) electrons. The minimum atomic E-state index is -0.386. The number of nitrogens with two attached hydrogens (primary N) is 1. The number of para-hydroxylation sites is 3. The molecule has 0 saturated heterocycles. The van der Waals surface area contributed by atoms with Crippen LogP contribution in [0.5, 0.6) is 0 Å². The van der Waals surface area contributed by atoms with E-state index in [9.17, 15) is 14.4 Å². The van der Waals surface area contributed by atoms with Crippen molar-refractivity contribution in [3.8, 4) is 44.9 Å². The smallest absolute Gasteiger partial charge is 0.347 e. The molecule has 12 aromatic rings. The first kappa shape index (κ1) is 73.7. The standard InChI is InChI=1S/C23H21N3O2.C20H19N3O2.C20H19N3O.C20H18N2O2S.2ClH/c1-4-22(27)24-19-14-21-23(17-10-8-7-9-16(17)19)25-18-12-11-15(13-20(18)28-21)26(5-2)6-3;1-3-23(4-2)14-10-9-13-11-15(20(24)25-18(13)12-14)19-21-16-7-5-6-8-17(16)22-19;1-3-23(4-2)13-9-10-17-18(11-13)24-19-12-16(21)14-7-5-6-8-15(14)20(19)22-17;1-3-22(4-2)14-10-9-13-11-15(20(23)24-17(13)12-14)19-21-16-7-5-6-8-18(16)25-19;;/h4,7-14H,1,5-6H2,2-3H3;5-12H,3-4H2,1-2H3,(H,21,22);5-12,21H,3-4H2,1-2H3;5-12H,3-4H2,1-2H3;2*1H. The number of thiazole rings is 1. The van der Waals surface area contributed by atoms with Gasteiger partial charge in [-0.1, -0.05) is 79.4 Å². The van der Waals surface area contributed by atoms with Crippen LogP contribution in [0.1, 0.15) is 55.4 Å². The van der Waals surface area contributed by atoms with Crippen molar-refractivity contribution in [2.75, 3.05) is 73.2 Å². The minimum Gasteiger partial charge on any atom is -1.00 e. The maximum Gasteiger partial charge on any atom is 0.347 e. The van der Waals surface area contributed by atoms with E-state index < -0.39 is 0 Å². The summed E-state index contributed by atoms with van der Waals surface area (Å²) in [6.45, 7) is 27.9. The van der Waals surface area contributed by atoms with Crippen LogP contribution in [0.4, 0.5) is 22.7 Å². The van der Waals surface area contributed by atoms with Crippen molar-refractivity contribution in [1.29, 1.82) is 0 Å². The normalized spacial score (nSPS) is 11.0. The molecular formula is C83H79Cl2N11O7S. The first-order valence-corrected chi connectivity index (χ1v) is 35.4. The number of imidazole rings is 1. The summed E-state index contributed by atoms with van der Waals surface area (Å²) < 4.78 is 29.2. The van der Waals surface area contributed by atoms with Gasteiger partial charge in [-0.25, -0.2) is 38.7 Å². The van der Waals surface area contributed by atoms with Gasteiger partial charge in [-0.15, -0.1) is 11.3 Å². The van der Waals surface area contributed by atoms with Crippen LogP contribution in [0.25, 0.3) is 132 Å². The number of anilines is 4. The fourth-order valence-electron chi connectivity index (χ4n) is 12.9. The zero-order chi connectivity index (χ0) is 71.1. The molecule has 0 fully saturated rings. The van der Waals surface area contributed by atoms with E-state index in [2.05, 4.69) is 132 Å². The predicted molar refractivity (Wildman–Crippen MR) is 418 cm³/mol. The Morgan fingerprint density at radius 2 is 0.990 bits per heavy atom.